The minimum Gasteiger partial charge on any atom is -0.484 e. The molecule has 0 aliphatic carbocycles. The van der Waals surface area contributed by atoms with Crippen LogP contribution in [0.3, 0.4) is 0 Å². The van der Waals surface area contributed by atoms with E-state index in [1.54, 1.807) is 23.9 Å². The molecule has 1 N–H and O–H groups in total. The van der Waals surface area contributed by atoms with Crippen molar-refractivity contribution < 1.29 is 13.9 Å². The van der Waals surface area contributed by atoms with Crippen LogP contribution < -0.4 is 10.1 Å². The van der Waals surface area contributed by atoms with Crippen LogP contribution in [-0.2, 0) is 6.61 Å². The van der Waals surface area contributed by atoms with E-state index in [9.17, 15) is 4.79 Å². The second-order valence-corrected chi connectivity index (χ2v) is 7.58. The second-order valence-electron chi connectivity index (χ2n) is 6.35. The Morgan fingerprint density at radius 1 is 1.39 bits per heavy atom. The zero-order valence-electron chi connectivity index (χ0n) is 15.5. The molecule has 0 saturated carbocycles. The Kier molecular flexibility index (Phi) is 5.07. The van der Waals surface area contributed by atoms with Gasteiger partial charge in [-0.3, -0.25) is 4.79 Å². The Morgan fingerprint density at radius 3 is 3.11 bits per heavy atom. The van der Waals surface area contributed by atoms with E-state index in [1.165, 1.54) is 6.26 Å². The van der Waals surface area contributed by atoms with Crippen molar-refractivity contribution in [2.24, 2.45) is 0 Å². The number of imidazole rings is 1. The van der Waals surface area contributed by atoms with Gasteiger partial charge in [0.15, 0.2) is 12.3 Å². The Bertz CT molecular complexity index is 1090. The number of hydrogen-bond donors (Lipinski definition) is 1. The maximum Gasteiger partial charge on any atom is 0.273 e. The molecular weight excluding hydrogens is 378 g/mol. The van der Waals surface area contributed by atoms with Gasteiger partial charge in [-0.1, -0.05) is 0 Å². The Labute approximate surface area is 165 Å². The van der Waals surface area contributed by atoms with Crippen LogP contribution in [0.2, 0.25) is 0 Å². The number of fused-ring (bicyclic) bond motifs is 1. The van der Waals surface area contributed by atoms with Crippen molar-refractivity contribution >= 4 is 27.5 Å². The summed E-state index contributed by atoms with van der Waals surface area (Å²) in [5.41, 5.74) is 1.13. The van der Waals surface area contributed by atoms with Crippen molar-refractivity contribution in [2.45, 2.75) is 26.5 Å². The molecule has 4 rings (SSSR count). The number of oxazole rings is 1. The van der Waals surface area contributed by atoms with E-state index in [0.717, 1.165) is 15.2 Å². The minimum atomic E-state index is -0.290. The molecule has 0 aliphatic rings. The third-order valence-corrected chi connectivity index (χ3v) is 5.16. The van der Waals surface area contributed by atoms with Gasteiger partial charge in [0.25, 0.3) is 5.91 Å². The second kappa shape index (κ2) is 7.81. The maximum absolute atomic E-state index is 12.2. The molecule has 4 aromatic rings. The number of aromatic nitrogens is 4. The molecule has 0 saturated heterocycles. The zero-order valence-corrected chi connectivity index (χ0v) is 16.3. The van der Waals surface area contributed by atoms with Gasteiger partial charge in [-0.15, -0.1) is 11.3 Å². The lowest BCUT2D eigenvalue weighted by Gasteiger charge is -2.13. The number of amides is 1. The molecule has 1 amide bonds. The van der Waals surface area contributed by atoms with Crippen molar-refractivity contribution in [1.29, 1.82) is 0 Å². The highest BCUT2D eigenvalue weighted by Crippen LogP contribution is 2.25. The van der Waals surface area contributed by atoms with E-state index in [2.05, 4.69) is 20.3 Å². The van der Waals surface area contributed by atoms with Crippen LogP contribution >= 0.6 is 11.3 Å². The van der Waals surface area contributed by atoms with Gasteiger partial charge in [-0.05, 0) is 26.0 Å². The quantitative estimate of drug-likeness (QED) is 0.514. The molecule has 0 radical (unpaired) electrons. The van der Waals surface area contributed by atoms with E-state index in [4.69, 9.17) is 9.15 Å². The lowest BCUT2D eigenvalue weighted by molar-refractivity contribution is 0.0943. The van der Waals surface area contributed by atoms with E-state index in [1.807, 2.05) is 42.8 Å². The summed E-state index contributed by atoms with van der Waals surface area (Å²) in [5, 5.41) is 3.85. The van der Waals surface area contributed by atoms with Crippen LogP contribution in [0.5, 0.6) is 5.75 Å². The zero-order chi connectivity index (χ0) is 19.5. The lowest BCUT2D eigenvalue weighted by Crippen LogP contribution is -2.29. The van der Waals surface area contributed by atoms with Crippen molar-refractivity contribution in [1.82, 2.24) is 24.8 Å². The van der Waals surface area contributed by atoms with Crippen LogP contribution in [0.1, 0.15) is 34.4 Å². The van der Waals surface area contributed by atoms with Crippen LogP contribution in [0.25, 0.3) is 10.2 Å². The molecule has 9 heteroatoms. The van der Waals surface area contributed by atoms with Crippen molar-refractivity contribution in [3.8, 4) is 5.75 Å². The molecule has 1 atom stereocenters. The Balaban J connectivity index is 1.32. The number of benzene rings is 1. The summed E-state index contributed by atoms with van der Waals surface area (Å²) in [6.45, 7) is 4.56. The fourth-order valence-electron chi connectivity index (χ4n) is 2.71. The molecule has 0 aliphatic heterocycles. The highest BCUT2D eigenvalue weighted by molar-refractivity contribution is 7.18. The number of rotatable bonds is 7. The SMILES string of the molecule is Cc1nc2cc(OCc3nc(C(=O)NC[C@@H](C)n4ccnc4)co3)ccc2s1. The first kappa shape index (κ1) is 18.2. The Hall–Kier alpha value is -3.20. The average molecular weight is 397 g/mol. The monoisotopic (exact) mass is 397 g/mol. The van der Waals surface area contributed by atoms with Gasteiger partial charge >= 0.3 is 0 Å². The molecule has 1 aromatic carbocycles. The van der Waals surface area contributed by atoms with Crippen LogP contribution in [-0.4, -0.2) is 32.0 Å². The van der Waals surface area contributed by atoms with Gasteiger partial charge in [-0.25, -0.2) is 15.0 Å². The molecule has 3 aromatic heterocycles. The predicted octanol–water partition coefficient (Wildman–Crippen LogP) is 3.36. The molecule has 0 spiro atoms. The molecule has 28 heavy (non-hydrogen) atoms. The summed E-state index contributed by atoms with van der Waals surface area (Å²) < 4.78 is 14.1. The third kappa shape index (κ3) is 4.04. The smallest absolute Gasteiger partial charge is 0.273 e. The number of ether oxygens (including phenoxy) is 1. The number of nitrogens with one attached hydrogen (secondary N) is 1. The fourth-order valence-corrected chi connectivity index (χ4v) is 3.51. The van der Waals surface area contributed by atoms with Crippen LogP contribution in [0.15, 0.2) is 47.6 Å². The lowest BCUT2D eigenvalue weighted by atomic mass is 10.3. The summed E-state index contributed by atoms with van der Waals surface area (Å²) in [6, 6.07) is 5.83. The number of aryl methyl sites for hydroxylation is 1. The van der Waals surface area contributed by atoms with Crippen LogP contribution in [0.4, 0.5) is 0 Å². The van der Waals surface area contributed by atoms with Gasteiger partial charge in [-0.2, -0.15) is 0 Å². The summed E-state index contributed by atoms with van der Waals surface area (Å²) >= 11 is 1.64. The predicted molar refractivity (Wildman–Crippen MR) is 104 cm³/mol. The van der Waals surface area contributed by atoms with E-state index in [0.29, 0.717) is 18.2 Å². The average Bonchev–Trinajstić information content (AvgIpc) is 3.43. The van der Waals surface area contributed by atoms with Gasteiger partial charge in [0.05, 0.1) is 21.6 Å². The number of nitrogens with zero attached hydrogens (tertiary/aromatic N) is 4. The van der Waals surface area contributed by atoms with Crippen molar-refractivity contribution in [3.05, 3.63) is 59.8 Å². The molecule has 8 nitrogen and oxygen atoms in total. The van der Waals surface area contributed by atoms with Gasteiger partial charge in [0, 0.05) is 31.0 Å². The van der Waals surface area contributed by atoms with E-state index >= 15 is 0 Å². The highest BCUT2D eigenvalue weighted by atomic mass is 32.1. The molecule has 0 bridgehead atoms. The van der Waals surface area contributed by atoms with E-state index < -0.39 is 0 Å². The van der Waals surface area contributed by atoms with Crippen molar-refractivity contribution in [2.75, 3.05) is 6.54 Å². The molecule has 0 unspecified atom stereocenters. The standard InChI is InChI=1S/C19H19N5O3S/c1-12(24-6-5-20-11-24)8-21-19(25)16-9-27-18(23-16)10-26-14-3-4-17-15(7-14)22-13(2)28-17/h3-7,9,11-12H,8,10H2,1-2H3,(H,21,25)/t12-/m1/s1. The fraction of sp³-hybridized carbons (Fsp3) is 0.263. The summed E-state index contributed by atoms with van der Waals surface area (Å²) in [5.74, 6) is 0.722. The molecular formula is C19H19N5O3S. The first-order valence-corrected chi connectivity index (χ1v) is 9.60. The van der Waals surface area contributed by atoms with Gasteiger partial charge in [0.1, 0.15) is 12.0 Å². The normalized spacial score (nSPS) is 12.2. The van der Waals surface area contributed by atoms with Crippen LogP contribution in [0, 0.1) is 6.92 Å². The summed E-state index contributed by atoms with van der Waals surface area (Å²) in [6.07, 6.45) is 6.61. The Morgan fingerprint density at radius 2 is 2.29 bits per heavy atom. The summed E-state index contributed by atoms with van der Waals surface area (Å²) in [7, 11) is 0. The van der Waals surface area contributed by atoms with Gasteiger partial charge in [0.2, 0.25) is 5.89 Å². The van der Waals surface area contributed by atoms with Gasteiger partial charge < -0.3 is 19.0 Å². The topological polar surface area (TPSA) is 95.1 Å². The number of carbonyl (C=O) groups is 1. The number of thiazole rings is 1. The summed E-state index contributed by atoms with van der Waals surface area (Å²) in [4.78, 5) is 24.9. The first-order valence-electron chi connectivity index (χ1n) is 8.78. The van der Waals surface area contributed by atoms with Crippen molar-refractivity contribution in [3.63, 3.8) is 0 Å². The molecule has 3 heterocycles. The molecule has 0 fully saturated rings. The maximum atomic E-state index is 12.2. The molecule has 144 valence electrons. The third-order valence-electron chi connectivity index (χ3n) is 4.20. The highest BCUT2D eigenvalue weighted by Gasteiger charge is 2.14. The number of carbonyl (C=O) groups excluding carboxylic acids is 1. The van der Waals surface area contributed by atoms with E-state index in [-0.39, 0.29) is 24.2 Å². The minimum absolute atomic E-state index is 0.0884. The number of hydrogen-bond acceptors (Lipinski definition) is 7. The first-order chi connectivity index (χ1) is 13.6. The largest absolute Gasteiger partial charge is 0.484 e.